The van der Waals surface area contributed by atoms with E-state index >= 15 is 0 Å². The Balaban J connectivity index is 1.57. The molecular formula is C25H28N2O4S2. The lowest BCUT2D eigenvalue weighted by molar-refractivity contribution is 0.0730. The molecule has 0 saturated carbocycles. The SMILES string of the molecule is COc1ccccc1CN(Cc1cccs1)C(=O)c1ccc(S(=O)(=O)N2CCCCC2)cc1. The number of carbonyl (C=O) groups is 1. The number of rotatable bonds is 8. The predicted molar refractivity (Wildman–Crippen MR) is 130 cm³/mol. The van der Waals surface area contributed by atoms with Gasteiger partial charge in [-0.3, -0.25) is 4.79 Å². The highest BCUT2D eigenvalue weighted by Gasteiger charge is 2.26. The van der Waals surface area contributed by atoms with Crippen molar-refractivity contribution in [3.8, 4) is 5.75 Å². The lowest BCUT2D eigenvalue weighted by Crippen LogP contribution is -2.35. The minimum Gasteiger partial charge on any atom is -0.496 e. The Hall–Kier alpha value is -2.68. The van der Waals surface area contributed by atoms with Gasteiger partial charge in [-0.05, 0) is 54.6 Å². The van der Waals surface area contributed by atoms with Crippen LogP contribution < -0.4 is 4.74 Å². The largest absolute Gasteiger partial charge is 0.496 e. The number of amides is 1. The summed E-state index contributed by atoms with van der Waals surface area (Å²) in [7, 11) is -1.91. The quantitative estimate of drug-likeness (QED) is 0.462. The number of ether oxygens (including phenoxy) is 1. The molecule has 1 aliphatic rings. The summed E-state index contributed by atoms with van der Waals surface area (Å²) in [6.07, 6.45) is 2.83. The molecule has 4 rings (SSSR count). The van der Waals surface area contributed by atoms with Crippen LogP contribution in [0.25, 0.3) is 0 Å². The van der Waals surface area contributed by atoms with E-state index in [1.54, 1.807) is 47.6 Å². The second kappa shape index (κ2) is 10.5. The molecule has 0 aliphatic carbocycles. The molecule has 1 aromatic heterocycles. The summed E-state index contributed by atoms with van der Waals surface area (Å²) in [5, 5.41) is 1.99. The van der Waals surface area contributed by atoms with Crippen molar-refractivity contribution in [2.75, 3.05) is 20.2 Å². The topological polar surface area (TPSA) is 66.9 Å². The Labute approximate surface area is 199 Å². The molecule has 1 amide bonds. The molecule has 174 valence electrons. The number of thiophene rings is 1. The Morgan fingerprint density at radius 2 is 1.70 bits per heavy atom. The second-order valence-corrected chi connectivity index (χ2v) is 11.0. The van der Waals surface area contributed by atoms with Crippen LogP contribution in [0.1, 0.15) is 40.1 Å². The van der Waals surface area contributed by atoms with Crippen LogP contribution in [0.2, 0.25) is 0 Å². The van der Waals surface area contributed by atoms with Crippen molar-refractivity contribution in [1.82, 2.24) is 9.21 Å². The molecular weight excluding hydrogens is 456 g/mol. The van der Waals surface area contributed by atoms with Gasteiger partial charge in [-0.25, -0.2) is 8.42 Å². The van der Waals surface area contributed by atoms with Crippen LogP contribution in [0.15, 0.2) is 70.9 Å². The van der Waals surface area contributed by atoms with Gasteiger partial charge in [-0.1, -0.05) is 30.7 Å². The number of carbonyl (C=O) groups excluding carboxylic acids is 1. The zero-order valence-corrected chi connectivity index (χ0v) is 20.3. The molecule has 0 spiro atoms. The summed E-state index contributed by atoms with van der Waals surface area (Å²) >= 11 is 1.60. The summed E-state index contributed by atoms with van der Waals surface area (Å²) in [5.41, 5.74) is 1.37. The van der Waals surface area contributed by atoms with Gasteiger partial charge in [-0.2, -0.15) is 4.31 Å². The van der Waals surface area contributed by atoms with E-state index in [2.05, 4.69) is 0 Å². The fraction of sp³-hybridized carbons (Fsp3) is 0.320. The van der Waals surface area contributed by atoms with Gasteiger partial charge in [0.2, 0.25) is 10.0 Å². The highest BCUT2D eigenvalue weighted by molar-refractivity contribution is 7.89. The van der Waals surface area contributed by atoms with Crippen LogP contribution in [0.3, 0.4) is 0 Å². The van der Waals surface area contributed by atoms with E-state index in [-0.39, 0.29) is 10.8 Å². The molecule has 6 nitrogen and oxygen atoms in total. The fourth-order valence-corrected chi connectivity index (χ4v) is 6.27. The molecule has 0 radical (unpaired) electrons. The van der Waals surface area contributed by atoms with E-state index in [4.69, 9.17) is 4.74 Å². The number of methoxy groups -OCH3 is 1. The molecule has 0 atom stereocenters. The van der Waals surface area contributed by atoms with E-state index in [1.807, 2.05) is 41.8 Å². The molecule has 2 aromatic carbocycles. The van der Waals surface area contributed by atoms with Gasteiger partial charge in [0, 0.05) is 29.1 Å². The number of benzene rings is 2. The Morgan fingerprint density at radius 1 is 0.970 bits per heavy atom. The van der Waals surface area contributed by atoms with E-state index < -0.39 is 10.0 Å². The number of para-hydroxylation sites is 1. The van der Waals surface area contributed by atoms with Crippen molar-refractivity contribution in [2.24, 2.45) is 0 Å². The number of hydrogen-bond acceptors (Lipinski definition) is 5. The number of hydrogen-bond donors (Lipinski definition) is 0. The van der Waals surface area contributed by atoms with Crippen LogP contribution in [0.4, 0.5) is 0 Å². The fourth-order valence-electron chi connectivity index (χ4n) is 4.04. The van der Waals surface area contributed by atoms with Crippen LogP contribution in [0.5, 0.6) is 5.75 Å². The third-order valence-corrected chi connectivity index (χ3v) is 8.60. The van der Waals surface area contributed by atoms with Gasteiger partial charge in [0.25, 0.3) is 5.91 Å². The molecule has 0 unspecified atom stereocenters. The van der Waals surface area contributed by atoms with Crippen molar-refractivity contribution in [3.63, 3.8) is 0 Å². The smallest absolute Gasteiger partial charge is 0.254 e. The highest BCUT2D eigenvalue weighted by atomic mass is 32.2. The monoisotopic (exact) mass is 484 g/mol. The summed E-state index contributed by atoms with van der Waals surface area (Å²) in [5.74, 6) is 0.570. The maximum absolute atomic E-state index is 13.5. The van der Waals surface area contributed by atoms with Gasteiger partial charge in [0.15, 0.2) is 0 Å². The second-order valence-electron chi connectivity index (χ2n) is 8.04. The van der Waals surface area contributed by atoms with E-state index in [9.17, 15) is 13.2 Å². The first kappa shape index (κ1) is 23.5. The Bertz CT molecular complexity index is 1170. The zero-order valence-electron chi connectivity index (χ0n) is 18.6. The van der Waals surface area contributed by atoms with E-state index in [0.717, 1.165) is 35.5 Å². The molecule has 33 heavy (non-hydrogen) atoms. The first-order valence-corrected chi connectivity index (χ1v) is 13.3. The van der Waals surface area contributed by atoms with Gasteiger partial charge in [-0.15, -0.1) is 11.3 Å². The molecule has 1 fully saturated rings. The number of nitrogens with zero attached hydrogens (tertiary/aromatic N) is 2. The maximum Gasteiger partial charge on any atom is 0.254 e. The molecule has 0 N–H and O–H groups in total. The van der Waals surface area contributed by atoms with E-state index in [0.29, 0.717) is 31.7 Å². The molecule has 8 heteroatoms. The molecule has 3 aromatic rings. The normalized spacial score (nSPS) is 14.7. The lowest BCUT2D eigenvalue weighted by atomic mass is 10.1. The van der Waals surface area contributed by atoms with Gasteiger partial charge in [0.1, 0.15) is 5.75 Å². The van der Waals surface area contributed by atoms with Crippen LogP contribution in [-0.4, -0.2) is 43.7 Å². The first-order valence-electron chi connectivity index (χ1n) is 11.0. The highest BCUT2D eigenvalue weighted by Crippen LogP contribution is 2.25. The standard InChI is InChI=1S/C25H28N2O4S2/c1-31-24-10-4-3-8-21(24)18-26(19-22-9-7-17-32-22)25(28)20-11-13-23(14-12-20)33(29,30)27-15-5-2-6-16-27/h3-4,7-14,17H,2,5-6,15-16,18-19H2,1H3. The van der Waals surface area contributed by atoms with Crippen molar-refractivity contribution in [1.29, 1.82) is 0 Å². The molecule has 1 saturated heterocycles. The average Bonchev–Trinajstić information content (AvgIpc) is 3.37. The summed E-state index contributed by atoms with van der Waals surface area (Å²) in [4.78, 5) is 16.5. The van der Waals surface area contributed by atoms with Crippen LogP contribution in [0, 0.1) is 0 Å². The Morgan fingerprint density at radius 3 is 2.36 bits per heavy atom. The Kier molecular flexibility index (Phi) is 7.47. The minimum absolute atomic E-state index is 0.156. The van der Waals surface area contributed by atoms with Gasteiger partial charge in [0.05, 0.1) is 25.1 Å². The van der Waals surface area contributed by atoms with Crippen molar-refractivity contribution in [3.05, 3.63) is 82.0 Å². The number of piperidine rings is 1. The average molecular weight is 485 g/mol. The van der Waals surface area contributed by atoms with Crippen LogP contribution in [-0.2, 0) is 23.1 Å². The summed E-state index contributed by atoms with van der Waals surface area (Å²) in [6.45, 7) is 1.95. The molecule has 2 heterocycles. The first-order chi connectivity index (χ1) is 16.0. The van der Waals surface area contributed by atoms with E-state index in [1.165, 1.54) is 4.31 Å². The van der Waals surface area contributed by atoms with Gasteiger partial charge >= 0.3 is 0 Å². The van der Waals surface area contributed by atoms with Gasteiger partial charge < -0.3 is 9.64 Å². The number of sulfonamides is 1. The lowest BCUT2D eigenvalue weighted by Gasteiger charge is -2.26. The summed E-state index contributed by atoms with van der Waals surface area (Å²) < 4.78 is 32.9. The molecule has 1 aliphatic heterocycles. The predicted octanol–water partition coefficient (Wildman–Crippen LogP) is 4.77. The third kappa shape index (κ3) is 5.46. The minimum atomic E-state index is -3.53. The maximum atomic E-state index is 13.5. The van der Waals surface area contributed by atoms with Crippen LogP contribution >= 0.6 is 11.3 Å². The zero-order chi connectivity index (χ0) is 23.3. The van der Waals surface area contributed by atoms with Crippen molar-refractivity contribution >= 4 is 27.3 Å². The third-order valence-electron chi connectivity index (χ3n) is 5.82. The summed E-state index contributed by atoms with van der Waals surface area (Å²) in [6, 6.07) is 17.9. The van der Waals surface area contributed by atoms with Crippen molar-refractivity contribution in [2.45, 2.75) is 37.2 Å². The van der Waals surface area contributed by atoms with Crippen molar-refractivity contribution < 1.29 is 17.9 Å². The molecule has 0 bridgehead atoms.